The second kappa shape index (κ2) is 5.02. The zero-order valence-electron chi connectivity index (χ0n) is 11.4. The molecule has 2 atom stereocenters. The van der Waals surface area contributed by atoms with Crippen molar-refractivity contribution in [3.63, 3.8) is 0 Å². The van der Waals surface area contributed by atoms with Crippen molar-refractivity contribution in [2.45, 2.75) is 46.0 Å². The minimum absolute atomic E-state index is 0.435. The van der Waals surface area contributed by atoms with Gasteiger partial charge in [-0.15, -0.1) is 5.26 Å². The largest absolute Gasteiger partial charge is 0.388 e. The van der Waals surface area contributed by atoms with Gasteiger partial charge in [-0.3, -0.25) is 0 Å². The maximum absolute atomic E-state index is 8.47. The molecule has 0 bridgehead atoms. The average molecular weight is 243 g/mol. The Bertz CT molecular complexity index is 441. The Morgan fingerprint density at radius 1 is 1.22 bits per heavy atom. The molecule has 0 N–H and O–H groups in total. The molecule has 2 unspecified atom stereocenters. The molecule has 1 aromatic rings. The van der Waals surface area contributed by atoms with Gasteiger partial charge in [-0.2, -0.15) is 0 Å². The van der Waals surface area contributed by atoms with E-state index in [1.807, 2.05) is 12.1 Å². The highest BCUT2D eigenvalue weighted by atomic mass is 16.5. The molecule has 2 nitrogen and oxygen atoms in total. The van der Waals surface area contributed by atoms with Crippen molar-refractivity contribution in [1.29, 1.82) is 5.26 Å². The first-order chi connectivity index (χ1) is 8.50. The summed E-state index contributed by atoms with van der Waals surface area (Å²) in [5, 5.41) is 8.47. The molecule has 0 aromatic heterocycles. The van der Waals surface area contributed by atoms with E-state index in [1.165, 1.54) is 24.8 Å². The van der Waals surface area contributed by atoms with Crippen LogP contribution in [0.3, 0.4) is 0 Å². The average Bonchev–Trinajstić information content (AvgIpc) is 2.27. The van der Waals surface area contributed by atoms with E-state index in [9.17, 15) is 0 Å². The minimum atomic E-state index is 0.435. The Labute approximate surface area is 110 Å². The first-order valence-electron chi connectivity index (χ1n) is 6.66. The van der Waals surface area contributed by atoms with E-state index in [0.29, 0.717) is 17.1 Å². The Hall–Kier alpha value is -1.49. The molecular formula is C16H21NO. The lowest BCUT2D eigenvalue weighted by Gasteiger charge is -2.39. The molecule has 1 aliphatic rings. The second-order valence-corrected chi connectivity index (χ2v) is 6.37. The molecule has 0 heterocycles. The molecule has 0 saturated heterocycles. The van der Waals surface area contributed by atoms with E-state index in [1.54, 1.807) is 6.26 Å². The molecule has 1 fully saturated rings. The van der Waals surface area contributed by atoms with Crippen LogP contribution in [0, 0.1) is 22.9 Å². The summed E-state index contributed by atoms with van der Waals surface area (Å²) in [6, 6.07) is 7.99. The summed E-state index contributed by atoms with van der Waals surface area (Å²) in [7, 11) is 0. The van der Waals surface area contributed by atoms with Gasteiger partial charge < -0.3 is 4.74 Å². The third-order valence-corrected chi connectivity index (χ3v) is 3.90. The van der Waals surface area contributed by atoms with Crippen LogP contribution in [-0.2, 0) is 0 Å². The predicted molar refractivity (Wildman–Crippen MR) is 72.2 cm³/mol. The highest BCUT2D eigenvalue weighted by Gasteiger charge is 2.32. The summed E-state index contributed by atoms with van der Waals surface area (Å²) >= 11 is 0. The van der Waals surface area contributed by atoms with Crippen LogP contribution in [-0.4, -0.2) is 0 Å². The van der Waals surface area contributed by atoms with Crippen LogP contribution in [0.4, 0.5) is 0 Å². The Balaban J connectivity index is 2.13. The van der Waals surface area contributed by atoms with Gasteiger partial charge in [0.05, 0.1) is 0 Å². The van der Waals surface area contributed by atoms with E-state index < -0.39 is 0 Å². The molecule has 96 valence electrons. The molecule has 0 radical (unpaired) electrons. The van der Waals surface area contributed by atoms with Crippen molar-refractivity contribution in [1.82, 2.24) is 0 Å². The number of rotatable bonds is 2. The van der Waals surface area contributed by atoms with Crippen molar-refractivity contribution >= 4 is 0 Å². The van der Waals surface area contributed by atoms with Crippen molar-refractivity contribution in [3.8, 4) is 12.0 Å². The van der Waals surface area contributed by atoms with E-state index >= 15 is 0 Å². The van der Waals surface area contributed by atoms with Gasteiger partial charge in [0.15, 0.2) is 0 Å². The van der Waals surface area contributed by atoms with E-state index in [-0.39, 0.29) is 0 Å². The summed E-state index contributed by atoms with van der Waals surface area (Å²) in [5.74, 6) is 2.05. The number of ether oxygens (including phenoxy) is 1. The van der Waals surface area contributed by atoms with Gasteiger partial charge in [-0.25, -0.2) is 0 Å². The third-order valence-electron chi connectivity index (χ3n) is 3.90. The van der Waals surface area contributed by atoms with E-state index in [0.717, 1.165) is 5.92 Å². The monoisotopic (exact) mass is 243 g/mol. The number of nitriles is 1. The van der Waals surface area contributed by atoms with Gasteiger partial charge in [0.1, 0.15) is 5.75 Å². The van der Waals surface area contributed by atoms with Gasteiger partial charge in [0.25, 0.3) is 6.26 Å². The van der Waals surface area contributed by atoms with Crippen molar-refractivity contribution in [3.05, 3.63) is 29.8 Å². The van der Waals surface area contributed by atoms with Gasteiger partial charge in [0, 0.05) is 0 Å². The van der Waals surface area contributed by atoms with Crippen LogP contribution in [0.1, 0.15) is 51.5 Å². The topological polar surface area (TPSA) is 33.0 Å². The van der Waals surface area contributed by atoms with Gasteiger partial charge in [-0.05, 0) is 54.2 Å². The molecule has 1 aromatic carbocycles. The maximum atomic E-state index is 8.47. The zero-order valence-corrected chi connectivity index (χ0v) is 11.4. The Morgan fingerprint density at radius 3 is 2.44 bits per heavy atom. The highest BCUT2D eigenvalue weighted by molar-refractivity contribution is 5.30. The normalized spacial score (nSPS) is 26.3. The quantitative estimate of drug-likeness (QED) is 0.718. The lowest BCUT2D eigenvalue weighted by molar-refractivity contribution is 0.168. The summed E-state index contributed by atoms with van der Waals surface area (Å²) in [5.41, 5.74) is 1.81. The minimum Gasteiger partial charge on any atom is -0.388 e. The van der Waals surface area contributed by atoms with Crippen LogP contribution < -0.4 is 4.74 Å². The molecular weight excluding hydrogens is 222 g/mol. The summed E-state index contributed by atoms with van der Waals surface area (Å²) in [6.45, 7) is 7.08. The molecule has 0 spiro atoms. The fraction of sp³-hybridized carbons (Fsp3) is 0.562. The predicted octanol–water partition coefficient (Wildman–Crippen LogP) is 4.48. The number of hydrogen-bond donors (Lipinski definition) is 0. The molecule has 2 rings (SSSR count). The van der Waals surface area contributed by atoms with Crippen LogP contribution in [0.25, 0.3) is 0 Å². The van der Waals surface area contributed by atoms with Gasteiger partial charge in [-0.1, -0.05) is 32.9 Å². The molecule has 1 saturated carbocycles. The van der Waals surface area contributed by atoms with Crippen LogP contribution >= 0.6 is 0 Å². The standard InChI is InChI=1S/C16H21NO/c1-12-8-14(10-16(2,3)9-12)13-4-6-15(7-5-13)18-11-17/h4-7,12,14H,8-10H2,1-3H3. The lowest BCUT2D eigenvalue weighted by Crippen LogP contribution is -2.26. The van der Waals surface area contributed by atoms with E-state index in [4.69, 9.17) is 10.00 Å². The molecule has 0 amide bonds. The van der Waals surface area contributed by atoms with Crippen molar-refractivity contribution < 1.29 is 4.74 Å². The van der Waals surface area contributed by atoms with Gasteiger partial charge >= 0.3 is 0 Å². The smallest absolute Gasteiger partial charge is 0.292 e. The number of nitrogens with zero attached hydrogens (tertiary/aromatic N) is 1. The Morgan fingerprint density at radius 2 is 1.89 bits per heavy atom. The first kappa shape index (κ1) is 13.0. The SMILES string of the molecule is CC1CC(c2ccc(OC#N)cc2)CC(C)(C)C1. The molecule has 1 aliphatic carbocycles. The van der Waals surface area contributed by atoms with Crippen LogP contribution in [0.5, 0.6) is 5.75 Å². The zero-order chi connectivity index (χ0) is 13.2. The highest BCUT2D eigenvalue weighted by Crippen LogP contribution is 2.46. The van der Waals surface area contributed by atoms with Crippen LogP contribution in [0.2, 0.25) is 0 Å². The van der Waals surface area contributed by atoms with Crippen molar-refractivity contribution in [2.24, 2.45) is 11.3 Å². The third kappa shape index (κ3) is 3.04. The molecule has 0 aliphatic heterocycles. The number of hydrogen-bond acceptors (Lipinski definition) is 2. The second-order valence-electron chi connectivity index (χ2n) is 6.37. The van der Waals surface area contributed by atoms with Crippen LogP contribution in [0.15, 0.2) is 24.3 Å². The number of benzene rings is 1. The Kier molecular flexibility index (Phi) is 3.61. The summed E-state index contributed by atoms with van der Waals surface area (Å²) < 4.78 is 4.82. The molecule has 2 heteroatoms. The fourth-order valence-corrected chi connectivity index (χ4v) is 3.46. The maximum Gasteiger partial charge on any atom is 0.292 e. The summed E-state index contributed by atoms with van der Waals surface area (Å²) in [6.07, 6.45) is 5.53. The first-order valence-corrected chi connectivity index (χ1v) is 6.66. The summed E-state index contributed by atoms with van der Waals surface area (Å²) in [4.78, 5) is 0. The fourth-order valence-electron chi connectivity index (χ4n) is 3.46. The van der Waals surface area contributed by atoms with Crippen molar-refractivity contribution in [2.75, 3.05) is 0 Å². The van der Waals surface area contributed by atoms with Gasteiger partial charge in [0.2, 0.25) is 0 Å². The lowest BCUT2D eigenvalue weighted by atomic mass is 9.66. The molecule has 18 heavy (non-hydrogen) atoms. The van der Waals surface area contributed by atoms with E-state index in [2.05, 4.69) is 32.9 Å².